The summed E-state index contributed by atoms with van der Waals surface area (Å²) in [6.07, 6.45) is -4.78. The molecule has 0 bridgehead atoms. The smallest absolute Gasteiger partial charge is 0.406 e. The van der Waals surface area contributed by atoms with E-state index in [2.05, 4.69) is 10.1 Å². The summed E-state index contributed by atoms with van der Waals surface area (Å²) in [6.45, 7) is 5.33. The van der Waals surface area contributed by atoms with E-state index < -0.39 is 28.9 Å². The predicted octanol–water partition coefficient (Wildman–Crippen LogP) is 3.78. The second-order valence-corrected chi connectivity index (χ2v) is 5.66. The van der Waals surface area contributed by atoms with Crippen LogP contribution in [-0.4, -0.2) is 17.8 Å². The van der Waals surface area contributed by atoms with Crippen LogP contribution in [0.15, 0.2) is 24.3 Å². The second kappa shape index (κ2) is 5.91. The lowest BCUT2D eigenvalue weighted by Gasteiger charge is -2.22. The van der Waals surface area contributed by atoms with Crippen LogP contribution in [0.4, 0.5) is 13.2 Å². The van der Waals surface area contributed by atoms with Gasteiger partial charge in [-0.3, -0.25) is 4.79 Å². The Morgan fingerprint density at radius 2 is 1.90 bits per heavy atom. The maximum atomic E-state index is 12.1. The average molecular weight is 310 g/mol. The molecule has 1 aromatic carbocycles. The number of amides is 1. The SMILES string of the molecule is CC(C)(C)NC(=O)C(Cl)c1cccc(OC(F)(F)F)c1. The van der Waals surface area contributed by atoms with Crippen LogP contribution < -0.4 is 10.1 Å². The highest BCUT2D eigenvalue weighted by Crippen LogP contribution is 2.28. The van der Waals surface area contributed by atoms with E-state index in [-0.39, 0.29) is 5.56 Å². The van der Waals surface area contributed by atoms with Crippen molar-refractivity contribution in [1.82, 2.24) is 5.32 Å². The molecular weight excluding hydrogens is 295 g/mol. The Bertz CT molecular complexity index is 483. The van der Waals surface area contributed by atoms with Crippen molar-refractivity contribution in [2.75, 3.05) is 0 Å². The van der Waals surface area contributed by atoms with Crippen LogP contribution in [0.2, 0.25) is 0 Å². The predicted molar refractivity (Wildman–Crippen MR) is 69.6 cm³/mol. The summed E-state index contributed by atoms with van der Waals surface area (Å²) in [5, 5.41) is 1.56. The van der Waals surface area contributed by atoms with Gasteiger partial charge >= 0.3 is 6.36 Å². The zero-order valence-electron chi connectivity index (χ0n) is 11.2. The third-order valence-electron chi connectivity index (χ3n) is 2.11. The highest BCUT2D eigenvalue weighted by Gasteiger charge is 2.31. The lowest BCUT2D eigenvalue weighted by atomic mass is 10.1. The van der Waals surface area contributed by atoms with Gasteiger partial charge in [0, 0.05) is 5.54 Å². The Morgan fingerprint density at radius 3 is 2.40 bits per heavy atom. The minimum Gasteiger partial charge on any atom is -0.406 e. The van der Waals surface area contributed by atoms with Gasteiger partial charge in [-0.2, -0.15) is 0 Å². The second-order valence-electron chi connectivity index (χ2n) is 5.22. The van der Waals surface area contributed by atoms with E-state index in [4.69, 9.17) is 11.6 Å². The molecule has 0 aliphatic rings. The van der Waals surface area contributed by atoms with Gasteiger partial charge in [0.1, 0.15) is 11.1 Å². The molecule has 112 valence electrons. The minimum absolute atomic E-state index is 0.232. The Hall–Kier alpha value is -1.43. The number of nitrogens with one attached hydrogen (secondary N) is 1. The number of carbonyl (C=O) groups is 1. The molecule has 1 atom stereocenters. The van der Waals surface area contributed by atoms with E-state index in [1.165, 1.54) is 12.1 Å². The molecule has 0 saturated carbocycles. The fourth-order valence-electron chi connectivity index (χ4n) is 1.45. The number of ether oxygens (including phenoxy) is 1. The van der Waals surface area contributed by atoms with Gasteiger partial charge < -0.3 is 10.1 Å². The van der Waals surface area contributed by atoms with Gasteiger partial charge in [-0.25, -0.2) is 0 Å². The van der Waals surface area contributed by atoms with Crippen LogP contribution in [0.1, 0.15) is 31.7 Å². The molecule has 0 heterocycles. The molecule has 1 rings (SSSR count). The number of halogens is 4. The summed E-state index contributed by atoms with van der Waals surface area (Å²) >= 11 is 5.96. The molecular formula is C13H15ClF3NO2. The van der Waals surface area contributed by atoms with Crippen molar-refractivity contribution in [2.45, 2.75) is 38.0 Å². The summed E-state index contributed by atoms with van der Waals surface area (Å²) in [7, 11) is 0. The van der Waals surface area contributed by atoms with Gasteiger partial charge in [-0.1, -0.05) is 12.1 Å². The van der Waals surface area contributed by atoms with Gasteiger partial charge in [-0.05, 0) is 38.5 Å². The van der Waals surface area contributed by atoms with E-state index in [0.29, 0.717) is 0 Å². The van der Waals surface area contributed by atoms with Crippen LogP contribution in [0.5, 0.6) is 5.75 Å². The number of carbonyl (C=O) groups excluding carboxylic acids is 1. The van der Waals surface area contributed by atoms with Crippen LogP contribution in [0.25, 0.3) is 0 Å². The first-order valence-corrected chi connectivity index (χ1v) is 6.23. The maximum absolute atomic E-state index is 12.1. The molecule has 3 nitrogen and oxygen atoms in total. The molecule has 0 aliphatic heterocycles. The van der Waals surface area contributed by atoms with E-state index in [1.54, 1.807) is 20.8 Å². The zero-order chi connectivity index (χ0) is 15.6. The standard InChI is InChI=1S/C13H15ClF3NO2/c1-12(2,3)18-11(19)10(14)8-5-4-6-9(7-8)20-13(15,16)17/h4-7,10H,1-3H3,(H,18,19). The number of hydrogen-bond acceptors (Lipinski definition) is 2. The van der Waals surface area contributed by atoms with Crippen LogP contribution in [-0.2, 0) is 4.79 Å². The first kappa shape index (κ1) is 16.6. The number of alkyl halides is 4. The quantitative estimate of drug-likeness (QED) is 0.863. The monoisotopic (exact) mass is 309 g/mol. The normalized spacial score (nSPS) is 13.8. The van der Waals surface area contributed by atoms with Crippen LogP contribution >= 0.6 is 11.6 Å². The molecule has 0 radical (unpaired) electrons. The van der Waals surface area contributed by atoms with Gasteiger partial charge in [0.25, 0.3) is 0 Å². The van der Waals surface area contributed by atoms with E-state index in [0.717, 1.165) is 12.1 Å². The van der Waals surface area contributed by atoms with Crippen molar-refractivity contribution in [3.8, 4) is 5.75 Å². The molecule has 0 spiro atoms. The maximum Gasteiger partial charge on any atom is 0.573 e. The molecule has 1 N–H and O–H groups in total. The lowest BCUT2D eigenvalue weighted by Crippen LogP contribution is -2.42. The molecule has 1 amide bonds. The summed E-state index contributed by atoms with van der Waals surface area (Å²) in [5.74, 6) is -0.896. The van der Waals surface area contributed by atoms with E-state index >= 15 is 0 Å². The zero-order valence-corrected chi connectivity index (χ0v) is 12.0. The number of rotatable bonds is 3. The van der Waals surface area contributed by atoms with Gasteiger partial charge in [-0.15, -0.1) is 24.8 Å². The molecule has 1 unspecified atom stereocenters. The third kappa shape index (κ3) is 5.69. The fourth-order valence-corrected chi connectivity index (χ4v) is 1.64. The Kier molecular flexibility index (Phi) is 4.91. The van der Waals surface area contributed by atoms with Gasteiger partial charge in [0.2, 0.25) is 5.91 Å². The number of hydrogen-bond donors (Lipinski definition) is 1. The molecule has 20 heavy (non-hydrogen) atoms. The molecule has 1 aromatic rings. The highest BCUT2D eigenvalue weighted by molar-refractivity contribution is 6.30. The molecule has 7 heteroatoms. The van der Waals surface area contributed by atoms with Crippen LogP contribution in [0.3, 0.4) is 0 Å². The summed E-state index contributed by atoms with van der Waals surface area (Å²) < 4.78 is 40.1. The van der Waals surface area contributed by atoms with Gasteiger partial charge in [0.05, 0.1) is 0 Å². The fraction of sp³-hybridized carbons (Fsp3) is 0.462. The van der Waals surface area contributed by atoms with Crippen molar-refractivity contribution < 1.29 is 22.7 Å². The van der Waals surface area contributed by atoms with Gasteiger partial charge in [0.15, 0.2) is 0 Å². The molecule has 0 saturated heterocycles. The summed E-state index contributed by atoms with van der Waals surface area (Å²) in [6, 6.07) is 5.04. The Labute approximate surface area is 120 Å². The van der Waals surface area contributed by atoms with Crippen LogP contribution in [0, 0.1) is 0 Å². The molecule has 0 aliphatic carbocycles. The topological polar surface area (TPSA) is 38.3 Å². The first-order valence-electron chi connectivity index (χ1n) is 5.80. The largest absolute Gasteiger partial charge is 0.573 e. The van der Waals surface area contributed by atoms with E-state index in [1.807, 2.05) is 0 Å². The van der Waals surface area contributed by atoms with Crippen molar-refractivity contribution in [1.29, 1.82) is 0 Å². The minimum atomic E-state index is -4.78. The van der Waals surface area contributed by atoms with Crippen molar-refractivity contribution >= 4 is 17.5 Å². The third-order valence-corrected chi connectivity index (χ3v) is 2.56. The average Bonchev–Trinajstić information content (AvgIpc) is 2.23. The Balaban J connectivity index is 2.86. The molecule has 0 fully saturated rings. The van der Waals surface area contributed by atoms with Crippen molar-refractivity contribution in [2.24, 2.45) is 0 Å². The van der Waals surface area contributed by atoms with Crippen molar-refractivity contribution in [3.05, 3.63) is 29.8 Å². The van der Waals surface area contributed by atoms with E-state index in [9.17, 15) is 18.0 Å². The summed E-state index contributed by atoms with van der Waals surface area (Å²) in [5.41, 5.74) is -0.250. The summed E-state index contributed by atoms with van der Waals surface area (Å²) in [4.78, 5) is 11.8. The number of benzene rings is 1. The lowest BCUT2D eigenvalue weighted by molar-refractivity contribution is -0.274. The molecule has 0 aromatic heterocycles. The van der Waals surface area contributed by atoms with Crippen molar-refractivity contribution in [3.63, 3.8) is 0 Å². The Morgan fingerprint density at radius 1 is 1.30 bits per heavy atom. The first-order chi connectivity index (χ1) is 8.98. The highest BCUT2D eigenvalue weighted by atomic mass is 35.5.